The summed E-state index contributed by atoms with van der Waals surface area (Å²) >= 11 is 1.77. The average molecular weight is 407 g/mol. The van der Waals surface area contributed by atoms with Crippen LogP contribution in [0, 0.1) is 0 Å². The molecule has 0 radical (unpaired) electrons. The first-order valence-electron chi connectivity index (χ1n) is 6.83. The maximum atomic E-state index is 4.32. The largest absolute Gasteiger partial charge is 0.351 e. The fourth-order valence-electron chi connectivity index (χ4n) is 1.88. The van der Waals surface area contributed by atoms with Gasteiger partial charge >= 0.3 is 0 Å². The Bertz CT molecular complexity index is 376. The van der Waals surface area contributed by atoms with Crippen LogP contribution in [0.3, 0.4) is 0 Å². The Morgan fingerprint density at radius 2 is 2.25 bits per heavy atom. The highest BCUT2D eigenvalue weighted by molar-refractivity contribution is 14.0. The first-order valence-corrected chi connectivity index (χ1v) is 7.71. The molecular weight excluding hydrogens is 381 g/mol. The van der Waals surface area contributed by atoms with Crippen molar-refractivity contribution in [3.05, 3.63) is 35.0 Å². The van der Waals surface area contributed by atoms with Crippen molar-refractivity contribution in [2.24, 2.45) is 4.99 Å². The molecule has 5 heteroatoms. The molecule has 1 aromatic rings. The Morgan fingerprint density at radius 3 is 2.85 bits per heavy atom. The summed E-state index contributed by atoms with van der Waals surface area (Å²) in [7, 11) is 3.93. The van der Waals surface area contributed by atoms with Gasteiger partial charge in [0.25, 0.3) is 0 Å². The second-order valence-electron chi connectivity index (χ2n) is 4.54. The van der Waals surface area contributed by atoms with E-state index in [1.807, 2.05) is 13.1 Å². The number of rotatable bonds is 8. The van der Waals surface area contributed by atoms with Gasteiger partial charge in [0.1, 0.15) is 0 Å². The quantitative estimate of drug-likeness (QED) is 0.231. The van der Waals surface area contributed by atoms with E-state index in [2.05, 4.69) is 46.3 Å². The van der Waals surface area contributed by atoms with Crippen molar-refractivity contribution in [2.45, 2.75) is 32.2 Å². The van der Waals surface area contributed by atoms with Crippen molar-refractivity contribution in [3.63, 3.8) is 0 Å². The van der Waals surface area contributed by atoms with Gasteiger partial charge in [0, 0.05) is 25.5 Å². The molecule has 1 rings (SSSR count). The predicted octanol–water partition coefficient (Wildman–Crippen LogP) is 4.12. The van der Waals surface area contributed by atoms with E-state index in [4.69, 9.17) is 0 Å². The molecule has 0 aliphatic rings. The number of unbranched alkanes of at least 4 members (excludes halogenated alkanes) is 3. The molecule has 0 bridgehead atoms. The number of hydrogen-bond donors (Lipinski definition) is 1. The summed E-state index contributed by atoms with van der Waals surface area (Å²) in [5.74, 6) is 0.970. The minimum atomic E-state index is 0. The zero-order chi connectivity index (χ0) is 13.9. The molecule has 20 heavy (non-hydrogen) atoms. The van der Waals surface area contributed by atoms with Crippen LogP contribution in [0.4, 0.5) is 0 Å². The number of nitrogens with zero attached hydrogens (tertiary/aromatic N) is 2. The fourth-order valence-corrected chi connectivity index (χ4v) is 2.53. The third-order valence-corrected chi connectivity index (χ3v) is 3.85. The summed E-state index contributed by atoms with van der Waals surface area (Å²) in [5, 5.41) is 5.49. The molecule has 3 nitrogen and oxygen atoms in total. The Morgan fingerprint density at radius 1 is 1.45 bits per heavy atom. The third kappa shape index (κ3) is 7.89. The van der Waals surface area contributed by atoms with Gasteiger partial charge in [0.2, 0.25) is 0 Å². The summed E-state index contributed by atoms with van der Waals surface area (Å²) in [6.45, 7) is 5.64. The lowest BCUT2D eigenvalue weighted by atomic mass is 10.2. The van der Waals surface area contributed by atoms with Crippen molar-refractivity contribution < 1.29 is 0 Å². The number of thiophene rings is 1. The molecule has 114 valence electrons. The number of allylic oxidation sites excluding steroid dienone is 1. The summed E-state index contributed by atoms with van der Waals surface area (Å²) in [5.41, 5.74) is 0. The van der Waals surface area contributed by atoms with Crippen molar-refractivity contribution >= 4 is 41.3 Å². The molecule has 0 unspecified atom stereocenters. The lowest BCUT2D eigenvalue weighted by molar-refractivity contribution is 0.455. The zero-order valence-corrected chi connectivity index (χ0v) is 15.6. The van der Waals surface area contributed by atoms with E-state index >= 15 is 0 Å². The first kappa shape index (κ1) is 19.4. The minimum Gasteiger partial charge on any atom is -0.351 e. The minimum absolute atomic E-state index is 0. The van der Waals surface area contributed by atoms with Crippen LogP contribution in [-0.2, 0) is 6.54 Å². The number of nitrogens with one attached hydrogen (secondary N) is 1. The van der Waals surface area contributed by atoms with Crippen LogP contribution >= 0.6 is 35.3 Å². The number of guanidine groups is 1. The van der Waals surface area contributed by atoms with Gasteiger partial charge in [-0.05, 0) is 30.7 Å². The Balaban J connectivity index is 0.00000361. The van der Waals surface area contributed by atoms with E-state index in [9.17, 15) is 0 Å². The van der Waals surface area contributed by atoms with Gasteiger partial charge in [0.05, 0.1) is 6.54 Å². The van der Waals surface area contributed by atoms with Gasteiger partial charge in [-0.3, -0.25) is 4.99 Å². The highest BCUT2D eigenvalue weighted by Gasteiger charge is 2.05. The second-order valence-corrected chi connectivity index (χ2v) is 5.57. The molecule has 0 fully saturated rings. The van der Waals surface area contributed by atoms with Crippen LogP contribution in [0.1, 0.15) is 30.6 Å². The fraction of sp³-hybridized carbons (Fsp3) is 0.533. The van der Waals surface area contributed by atoms with Crippen LogP contribution < -0.4 is 5.32 Å². The molecule has 0 aliphatic carbocycles. The van der Waals surface area contributed by atoms with E-state index in [1.54, 1.807) is 11.3 Å². The van der Waals surface area contributed by atoms with E-state index in [0.717, 1.165) is 25.5 Å². The van der Waals surface area contributed by atoms with Crippen LogP contribution in [-0.4, -0.2) is 31.5 Å². The Kier molecular flexibility index (Phi) is 11.9. The van der Waals surface area contributed by atoms with Crippen LogP contribution in [0.5, 0.6) is 0 Å². The highest BCUT2D eigenvalue weighted by Crippen LogP contribution is 2.07. The highest BCUT2D eigenvalue weighted by atomic mass is 127. The molecule has 1 heterocycles. The van der Waals surface area contributed by atoms with Crippen LogP contribution in [0.15, 0.2) is 35.2 Å². The molecule has 0 amide bonds. The van der Waals surface area contributed by atoms with Gasteiger partial charge in [-0.25, -0.2) is 0 Å². The van der Waals surface area contributed by atoms with Gasteiger partial charge in [-0.15, -0.1) is 41.9 Å². The van der Waals surface area contributed by atoms with Gasteiger partial charge in [-0.2, -0.15) is 0 Å². The number of halogens is 1. The monoisotopic (exact) mass is 407 g/mol. The van der Waals surface area contributed by atoms with Crippen molar-refractivity contribution in [1.82, 2.24) is 10.2 Å². The van der Waals surface area contributed by atoms with E-state index in [1.165, 1.54) is 24.1 Å². The number of aliphatic imine (C=N–C) groups is 1. The molecule has 1 N–H and O–H groups in total. The molecular formula is C15H26IN3S. The SMILES string of the molecule is C=CCCCCCN(C)C(=NC)NCc1cccs1.I. The summed E-state index contributed by atoms with van der Waals surface area (Å²) in [6, 6.07) is 4.22. The maximum Gasteiger partial charge on any atom is 0.193 e. The van der Waals surface area contributed by atoms with Crippen LogP contribution in [0.2, 0.25) is 0 Å². The van der Waals surface area contributed by atoms with E-state index < -0.39 is 0 Å². The average Bonchev–Trinajstić information content (AvgIpc) is 2.92. The summed E-state index contributed by atoms with van der Waals surface area (Å²) in [6.07, 6.45) is 6.79. The topological polar surface area (TPSA) is 27.6 Å². The van der Waals surface area contributed by atoms with Crippen molar-refractivity contribution in [3.8, 4) is 0 Å². The van der Waals surface area contributed by atoms with E-state index in [-0.39, 0.29) is 24.0 Å². The summed E-state index contributed by atoms with van der Waals surface area (Å²) < 4.78 is 0. The second kappa shape index (κ2) is 12.2. The lowest BCUT2D eigenvalue weighted by Crippen LogP contribution is -2.38. The van der Waals surface area contributed by atoms with Gasteiger partial charge < -0.3 is 10.2 Å². The van der Waals surface area contributed by atoms with Crippen molar-refractivity contribution in [1.29, 1.82) is 0 Å². The molecule has 0 saturated heterocycles. The lowest BCUT2D eigenvalue weighted by Gasteiger charge is -2.21. The normalized spacial score (nSPS) is 10.8. The maximum absolute atomic E-state index is 4.32. The number of hydrogen-bond acceptors (Lipinski definition) is 2. The first-order chi connectivity index (χ1) is 9.27. The molecule has 0 atom stereocenters. The third-order valence-electron chi connectivity index (χ3n) is 2.98. The molecule has 0 spiro atoms. The molecule has 0 aromatic carbocycles. The van der Waals surface area contributed by atoms with Crippen molar-refractivity contribution in [2.75, 3.05) is 20.6 Å². The molecule has 0 aliphatic heterocycles. The van der Waals surface area contributed by atoms with Gasteiger partial charge in [-0.1, -0.05) is 18.6 Å². The predicted molar refractivity (Wildman–Crippen MR) is 101 cm³/mol. The zero-order valence-electron chi connectivity index (χ0n) is 12.5. The van der Waals surface area contributed by atoms with Gasteiger partial charge in [0.15, 0.2) is 5.96 Å². The Hall–Kier alpha value is -0.560. The van der Waals surface area contributed by atoms with Crippen LogP contribution in [0.25, 0.3) is 0 Å². The Labute approximate surface area is 144 Å². The molecule has 1 aromatic heterocycles. The standard InChI is InChI=1S/C15H25N3S.HI/c1-4-5-6-7-8-11-18(3)15(16-2)17-13-14-10-9-12-19-14;/h4,9-10,12H,1,5-8,11,13H2,2-3H3,(H,16,17);1H. The molecule has 0 saturated carbocycles. The smallest absolute Gasteiger partial charge is 0.193 e. The summed E-state index contributed by atoms with van der Waals surface area (Å²) in [4.78, 5) is 7.85. The van der Waals surface area contributed by atoms with E-state index in [0.29, 0.717) is 0 Å².